The van der Waals surface area contributed by atoms with Gasteiger partial charge in [-0.3, -0.25) is 14.5 Å². The Hall–Kier alpha value is -3.69. The maximum atomic E-state index is 13.1. The normalized spacial score (nSPS) is 12.2. The number of pyridine rings is 1. The number of aromatic amines is 1. The zero-order valence-corrected chi connectivity index (χ0v) is 22.6. The molecule has 0 fully saturated rings. The molecule has 8 nitrogen and oxygen atoms in total. The summed E-state index contributed by atoms with van der Waals surface area (Å²) >= 11 is 0. The fourth-order valence-electron chi connectivity index (χ4n) is 4.07. The molecule has 2 aromatic heterocycles. The maximum Gasteiger partial charge on any atom is 0.268 e. The number of anilines is 1. The van der Waals surface area contributed by atoms with E-state index in [1.165, 1.54) is 0 Å². The Labute approximate surface area is 218 Å². The molecular weight excluding hydrogens is 486 g/mol. The highest BCUT2D eigenvalue weighted by Crippen LogP contribution is 2.34. The number of nitrogens with one attached hydrogen (secondary N) is 3. The number of likely N-dealkylation sites (N-methyl/N-ethyl adjacent to an activating group) is 1. The summed E-state index contributed by atoms with van der Waals surface area (Å²) in [6, 6.07) is 15.8. The van der Waals surface area contributed by atoms with Crippen LogP contribution in [0.3, 0.4) is 0 Å². The minimum atomic E-state index is -3.81. The third-order valence-corrected chi connectivity index (χ3v) is 7.50. The molecule has 0 radical (unpaired) electrons. The molecule has 0 aliphatic rings. The first-order valence-corrected chi connectivity index (χ1v) is 13.6. The Balaban J connectivity index is 1.70. The van der Waals surface area contributed by atoms with Crippen molar-refractivity contribution in [2.75, 3.05) is 31.9 Å². The van der Waals surface area contributed by atoms with E-state index in [4.69, 9.17) is 0 Å². The molecule has 9 heteroatoms. The minimum Gasteiger partial charge on any atom is -0.350 e. The van der Waals surface area contributed by atoms with Crippen molar-refractivity contribution >= 4 is 32.5 Å². The lowest BCUT2D eigenvalue weighted by atomic mass is 9.87. The van der Waals surface area contributed by atoms with Crippen molar-refractivity contribution in [3.8, 4) is 11.1 Å². The Morgan fingerprint density at radius 2 is 1.78 bits per heavy atom. The van der Waals surface area contributed by atoms with E-state index in [1.807, 2.05) is 37.2 Å². The quantitative estimate of drug-likeness (QED) is 0.315. The average Bonchev–Trinajstić information content (AvgIpc) is 3.22. The molecule has 0 atom stereocenters. The van der Waals surface area contributed by atoms with Gasteiger partial charge in [0.1, 0.15) is 5.69 Å². The number of carbonyl (C=O) groups is 1. The van der Waals surface area contributed by atoms with Gasteiger partial charge < -0.3 is 15.2 Å². The molecule has 4 rings (SSSR count). The molecule has 2 heterocycles. The van der Waals surface area contributed by atoms with E-state index < -0.39 is 10.0 Å². The SMILES string of the molecule is CN(C)CCNC(=O)c1[nH]c2ccc(NS(=O)(=O)c3ccc(C(C)(C)C)cc3)cc2c1-c1cccnc1. The molecule has 0 unspecified atom stereocenters. The largest absolute Gasteiger partial charge is 0.350 e. The number of nitrogens with zero attached hydrogens (tertiary/aromatic N) is 2. The first-order chi connectivity index (χ1) is 17.5. The number of hydrogen-bond acceptors (Lipinski definition) is 5. The van der Waals surface area contributed by atoms with Gasteiger partial charge in [-0.2, -0.15) is 0 Å². The number of aromatic nitrogens is 2. The van der Waals surface area contributed by atoms with Crippen LogP contribution in [0.5, 0.6) is 0 Å². The van der Waals surface area contributed by atoms with Crippen molar-refractivity contribution in [1.82, 2.24) is 20.2 Å². The zero-order valence-electron chi connectivity index (χ0n) is 21.8. The van der Waals surface area contributed by atoms with Crippen LogP contribution in [-0.4, -0.2) is 56.4 Å². The van der Waals surface area contributed by atoms with Gasteiger partial charge in [0.2, 0.25) is 0 Å². The molecule has 0 aliphatic carbocycles. The predicted octanol–water partition coefficient (Wildman–Crippen LogP) is 4.62. The highest BCUT2D eigenvalue weighted by Gasteiger charge is 2.22. The van der Waals surface area contributed by atoms with Crippen molar-refractivity contribution in [3.63, 3.8) is 0 Å². The van der Waals surface area contributed by atoms with E-state index in [2.05, 4.69) is 40.8 Å². The Morgan fingerprint density at radius 1 is 1.05 bits per heavy atom. The summed E-state index contributed by atoms with van der Waals surface area (Å²) in [7, 11) is 0.0764. The number of fused-ring (bicyclic) bond motifs is 1. The van der Waals surface area contributed by atoms with Crippen LogP contribution in [0.15, 0.2) is 71.9 Å². The predicted molar refractivity (Wildman–Crippen MR) is 148 cm³/mol. The standard InChI is InChI=1S/C28H33N5O3S/c1-28(2,3)20-8-11-22(12-9-20)37(35,36)32-21-10-13-24-23(17-21)25(19-7-6-14-29-18-19)26(31-24)27(34)30-15-16-33(4)5/h6-14,17-18,31-32H,15-16H2,1-5H3,(H,30,34). The summed E-state index contributed by atoms with van der Waals surface area (Å²) in [5.74, 6) is -0.238. The number of benzene rings is 2. The third kappa shape index (κ3) is 6.00. The monoisotopic (exact) mass is 519 g/mol. The second-order valence-corrected chi connectivity index (χ2v) is 12.0. The van der Waals surface area contributed by atoms with E-state index in [0.29, 0.717) is 40.9 Å². The lowest BCUT2D eigenvalue weighted by Crippen LogP contribution is -2.31. The summed E-state index contributed by atoms with van der Waals surface area (Å²) in [4.78, 5) is 22.7. The van der Waals surface area contributed by atoms with Gasteiger partial charge in [-0.25, -0.2) is 8.42 Å². The minimum absolute atomic E-state index is 0.0752. The number of H-pyrrole nitrogens is 1. The Morgan fingerprint density at radius 3 is 2.41 bits per heavy atom. The Kier molecular flexibility index (Phi) is 7.38. The summed E-state index contributed by atoms with van der Waals surface area (Å²) in [6.07, 6.45) is 3.35. The Bertz CT molecular complexity index is 1500. The summed E-state index contributed by atoms with van der Waals surface area (Å²) < 4.78 is 29.0. The van der Waals surface area contributed by atoms with Gasteiger partial charge >= 0.3 is 0 Å². The van der Waals surface area contributed by atoms with E-state index in [0.717, 1.165) is 11.1 Å². The lowest BCUT2D eigenvalue weighted by Gasteiger charge is -2.19. The number of sulfonamides is 1. The van der Waals surface area contributed by atoms with Crippen molar-refractivity contribution in [2.24, 2.45) is 0 Å². The third-order valence-electron chi connectivity index (χ3n) is 6.10. The summed E-state index contributed by atoms with van der Waals surface area (Å²) in [5, 5.41) is 3.66. The lowest BCUT2D eigenvalue weighted by molar-refractivity contribution is 0.0947. The molecule has 4 aromatic rings. The van der Waals surface area contributed by atoms with E-state index in [1.54, 1.807) is 48.8 Å². The fourth-order valence-corrected chi connectivity index (χ4v) is 5.12. The van der Waals surface area contributed by atoms with Crippen molar-refractivity contribution in [2.45, 2.75) is 31.1 Å². The van der Waals surface area contributed by atoms with Crippen LogP contribution in [0.4, 0.5) is 5.69 Å². The van der Waals surface area contributed by atoms with Gasteiger partial charge in [-0.1, -0.05) is 39.0 Å². The topological polar surface area (TPSA) is 107 Å². The van der Waals surface area contributed by atoms with Gasteiger partial charge in [-0.15, -0.1) is 0 Å². The first-order valence-electron chi connectivity index (χ1n) is 12.1. The van der Waals surface area contributed by atoms with E-state index in [-0.39, 0.29) is 16.2 Å². The second kappa shape index (κ2) is 10.4. The average molecular weight is 520 g/mol. The van der Waals surface area contributed by atoms with Gasteiger partial charge in [-0.05, 0) is 61.5 Å². The van der Waals surface area contributed by atoms with Crippen molar-refractivity contribution in [3.05, 3.63) is 78.2 Å². The van der Waals surface area contributed by atoms with Crippen LogP contribution in [0, 0.1) is 0 Å². The van der Waals surface area contributed by atoms with Crippen molar-refractivity contribution < 1.29 is 13.2 Å². The molecule has 0 aliphatic heterocycles. The summed E-state index contributed by atoms with van der Waals surface area (Å²) in [5.41, 5.74) is 3.92. The van der Waals surface area contributed by atoms with Crippen LogP contribution >= 0.6 is 0 Å². The molecule has 37 heavy (non-hydrogen) atoms. The molecule has 0 spiro atoms. The summed E-state index contributed by atoms with van der Waals surface area (Å²) in [6.45, 7) is 7.44. The van der Waals surface area contributed by atoms with Gasteiger partial charge in [0.15, 0.2) is 0 Å². The molecule has 0 bridgehead atoms. The van der Waals surface area contributed by atoms with Gasteiger partial charge in [0.05, 0.1) is 4.90 Å². The molecule has 194 valence electrons. The van der Waals surface area contributed by atoms with E-state index >= 15 is 0 Å². The van der Waals surface area contributed by atoms with Crippen molar-refractivity contribution in [1.29, 1.82) is 0 Å². The number of hydrogen-bond donors (Lipinski definition) is 3. The number of carbonyl (C=O) groups excluding carboxylic acids is 1. The fraction of sp³-hybridized carbons (Fsp3) is 0.286. The smallest absolute Gasteiger partial charge is 0.268 e. The molecule has 2 aromatic carbocycles. The van der Waals surface area contributed by atoms with Gasteiger partial charge in [0.25, 0.3) is 15.9 Å². The molecule has 1 amide bonds. The first kappa shape index (κ1) is 26.4. The number of rotatable bonds is 8. The molecule has 0 saturated heterocycles. The van der Waals surface area contributed by atoms with Crippen LogP contribution < -0.4 is 10.0 Å². The zero-order chi connectivity index (χ0) is 26.8. The molecule has 0 saturated carbocycles. The number of amides is 1. The molecular formula is C28H33N5O3S. The highest BCUT2D eigenvalue weighted by atomic mass is 32.2. The van der Waals surface area contributed by atoms with Gasteiger partial charge in [0, 0.05) is 53.2 Å². The van der Waals surface area contributed by atoms with Crippen LogP contribution in [0.2, 0.25) is 0 Å². The second-order valence-electron chi connectivity index (χ2n) is 10.3. The van der Waals surface area contributed by atoms with Crippen LogP contribution in [-0.2, 0) is 15.4 Å². The highest BCUT2D eigenvalue weighted by molar-refractivity contribution is 7.92. The molecule has 3 N–H and O–H groups in total. The maximum absolute atomic E-state index is 13.1. The van der Waals surface area contributed by atoms with Crippen LogP contribution in [0.1, 0.15) is 36.8 Å². The van der Waals surface area contributed by atoms with E-state index in [9.17, 15) is 13.2 Å². The van der Waals surface area contributed by atoms with Crippen LogP contribution in [0.25, 0.3) is 22.0 Å².